The third-order valence-electron chi connectivity index (χ3n) is 10.3. The van der Waals surface area contributed by atoms with Crippen LogP contribution in [0.1, 0.15) is 60.5 Å². The zero-order valence-electron chi connectivity index (χ0n) is 29.5. The SMILES string of the molecule is COC(=O)N1CC(NC(=O)N[S@@]2(=O)=NC(=O)c3ccc4c(c3)N(Cc3ccc(Cl)cc3CCCCO4)C[C@@H]3CC[C@H]3[C@@H](OC)/C=C/C[C@H](C)C2)C1. The topological polar surface area (TPSA) is 139 Å². The molecule has 2 aromatic carbocycles. The van der Waals surface area contributed by atoms with Crippen LogP contribution in [-0.4, -0.2) is 85.5 Å². The van der Waals surface area contributed by atoms with E-state index in [4.69, 9.17) is 25.8 Å². The van der Waals surface area contributed by atoms with Gasteiger partial charge in [0.2, 0.25) is 0 Å². The van der Waals surface area contributed by atoms with Gasteiger partial charge < -0.3 is 29.3 Å². The van der Waals surface area contributed by atoms with Crippen LogP contribution < -0.4 is 19.7 Å². The summed E-state index contributed by atoms with van der Waals surface area (Å²) in [6, 6.07) is 10.2. The highest BCUT2D eigenvalue weighted by Gasteiger charge is 2.38. The predicted molar refractivity (Wildman–Crippen MR) is 197 cm³/mol. The fourth-order valence-corrected chi connectivity index (χ4v) is 9.41. The largest absolute Gasteiger partial charge is 0.491 e. The smallest absolute Gasteiger partial charge is 0.409 e. The van der Waals surface area contributed by atoms with Gasteiger partial charge in [-0.1, -0.05) is 36.7 Å². The van der Waals surface area contributed by atoms with E-state index in [1.807, 2.05) is 25.1 Å². The van der Waals surface area contributed by atoms with Crippen molar-refractivity contribution in [3.63, 3.8) is 0 Å². The van der Waals surface area contributed by atoms with E-state index in [0.717, 1.165) is 49.9 Å². The molecule has 1 saturated heterocycles. The number of nitrogens with zero attached hydrogens (tertiary/aromatic N) is 3. The Labute approximate surface area is 305 Å². The zero-order valence-corrected chi connectivity index (χ0v) is 31.0. The molecule has 4 amide bonds. The summed E-state index contributed by atoms with van der Waals surface area (Å²) < 4.78 is 38.3. The molecular formula is C37H48ClN5O7S. The van der Waals surface area contributed by atoms with Gasteiger partial charge >= 0.3 is 12.1 Å². The number of methoxy groups -OCH3 is 2. The standard InChI is InChI=1S/C37H48ClN5O7S/c1-24-7-6-9-33(48-2)31-14-11-28(31)20-42-19-27-10-13-29(38)17-25(27)8-4-5-16-50-34-15-12-26(18-32(34)42)35(44)40-51(47,23-24)41-36(45)39-30-21-43(22-30)37(46)49-3/h6,9-10,12-13,15,17-18,24,28,30-31,33H,4-5,7-8,11,14,16,19-23H2,1-3H3,(H2,39,40,41,44,45,47)/b9-6+/t24-,28-,31+,33-,51-/m0/s1. The summed E-state index contributed by atoms with van der Waals surface area (Å²) in [5, 5.41) is 3.44. The highest BCUT2D eigenvalue weighted by molar-refractivity contribution is 7.92. The van der Waals surface area contributed by atoms with Crippen molar-refractivity contribution < 1.29 is 32.8 Å². The minimum Gasteiger partial charge on any atom is -0.491 e. The molecule has 6 rings (SSSR count). The van der Waals surface area contributed by atoms with Crippen molar-refractivity contribution in [1.82, 2.24) is 14.9 Å². The van der Waals surface area contributed by atoms with Gasteiger partial charge in [-0.3, -0.25) is 9.52 Å². The number of nitrogens with one attached hydrogen (secondary N) is 2. The van der Waals surface area contributed by atoms with Crippen LogP contribution in [0.5, 0.6) is 5.75 Å². The van der Waals surface area contributed by atoms with Gasteiger partial charge in [0, 0.05) is 43.9 Å². The first-order valence-corrected chi connectivity index (χ1v) is 19.8. The lowest BCUT2D eigenvalue weighted by Crippen LogP contribution is -2.62. The van der Waals surface area contributed by atoms with Crippen molar-refractivity contribution in [2.75, 3.05) is 51.1 Å². The number of ether oxygens (including phenoxy) is 3. The molecule has 1 aliphatic carbocycles. The molecule has 2 N–H and O–H groups in total. The number of aryl methyl sites for hydroxylation is 1. The van der Waals surface area contributed by atoms with Crippen molar-refractivity contribution in [1.29, 1.82) is 0 Å². The molecule has 2 bridgehead atoms. The molecule has 2 fully saturated rings. The second-order valence-electron chi connectivity index (χ2n) is 14.1. The molecule has 12 nitrogen and oxygen atoms in total. The van der Waals surface area contributed by atoms with Crippen molar-refractivity contribution in [2.45, 2.75) is 64.1 Å². The number of allylic oxidation sites excluding steroid dienone is 1. The summed E-state index contributed by atoms with van der Waals surface area (Å²) in [6.45, 7) is 4.24. The summed E-state index contributed by atoms with van der Waals surface area (Å²) >= 11 is 6.45. The van der Waals surface area contributed by atoms with Crippen LogP contribution >= 0.6 is 11.6 Å². The van der Waals surface area contributed by atoms with E-state index >= 15 is 0 Å². The number of hydrogen-bond acceptors (Lipinski definition) is 8. The predicted octanol–water partition coefficient (Wildman–Crippen LogP) is 5.97. The molecule has 14 heteroatoms. The maximum atomic E-state index is 14.4. The highest BCUT2D eigenvalue weighted by atomic mass is 35.5. The van der Waals surface area contributed by atoms with Gasteiger partial charge in [0.15, 0.2) is 0 Å². The third-order valence-corrected chi connectivity index (χ3v) is 12.5. The van der Waals surface area contributed by atoms with Gasteiger partial charge in [-0.15, -0.1) is 4.36 Å². The minimum absolute atomic E-state index is 0.0430. The first-order valence-electron chi connectivity index (χ1n) is 17.7. The Bertz CT molecular complexity index is 1770. The van der Waals surface area contributed by atoms with E-state index in [1.165, 1.54) is 17.6 Å². The van der Waals surface area contributed by atoms with E-state index in [-0.39, 0.29) is 42.5 Å². The van der Waals surface area contributed by atoms with Crippen molar-refractivity contribution in [2.24, 2.45) is 22.1 Å². The number of likely N-dealkylation sites (tertiary alicyclic amines) is 1. The van der Waals surface area contributed by atoms with Crippen LogP contribution in [0.3, 0.4) is 0 Å². The van der Waals surface area contributed by atoms with E-state index in [1.54, 1.807) is 25.3 Å². The van der Waals surface area contributed by atoms with E-state index in [2.05, 4.69) is 31.4 Å². The van der Waals surface area contributed by atoms with Gasteiger partial charge in [0.25, 0.3) is 5.91 Å². The fraction of sp³-hybridized carbons (Fsp3) is 0.541. The normalized spacial score (nSPS) is 27.8. The Balaban J connectivity index is 1.37. The molecule has 2 aromatic rings. The first-order chi connectivity index (χ1) is 24.5. The first kappa shape index (κ1) is 37.0. The number of fused-ring (bicyclic) bond motifs is 3. The Kier molecular flexibility index (Phi) is 11.8. The minimum atomic E-state index is -3.58. The van der Waals surface area contributed by atoms with Crippen LogP contribution in [-0.2, 0) is 32.4 Å². The Morgan fingerprint density at radius 3 is 2.63 bits per heavy atom. The van der Waals surface area contributed by atoms with Crippen LogP contribution in [0.25, 0.3) is 0 Å². The molecule has 3 heterocycles. The van der Waals surface area contributed by atoms with Gasteiger partial charge in [-0.25, -0.2) is 13.8 Å². The number of amides is 4. The molecule has 0 spiro atoms. The number of halogens is 1. The molecule has 276 valence electrons. The number of hydrogen-bond donors (Lipinski definition) is 2. The maximum Gasteiger partial charge on any atom is 0.409 e. The van der Waals surface area contributed by atoms with E-state index in [0.29, 0.717) is 42.2 Å². The van der Waals surface area contributed by atoms with Gasteiger partial charge in [-0.05, 0) is 97.7 Å². The molecule has 0 unspecified atom stereocenters. The number of anilines is 1. The monoisotopic (exact) mass is 741 g/mol. The highest BCUT2D eigenvalue weighted by Crippen LogP contribution is 2.42. The molecular weight excluding hydrogens is 694 g/mol. The summed E-state index contributed by atoms with van der Waals surface area (Å²) in [5.74, 6) is 0.394. The molecule has 5 atom stereocenters. The Morgan fingerprint density at radius 1 is 1.06 bits per heavy atom. The lowest BCUT2D eigenvalue weighted by molar-refractivity contribution is 0.0133. The molecule has 0 radical (unpaired) electrons. The number of benzene rings is 2. The third kappa shape index (κ3) is 8.99. The van der Waals surface area contributed by atoms with Crippen LogP contribution in [0.15, 0.2) is 52.9 Å². The lowest BCUT2D eigenvalue weighted by Gasteiger charge is -2.43. The number of carbonyl (C=O) groups excluding carboxylic acids is 3. The summed E-state index contributed by atoms with van der Waals surface area (Å²) in [6.07, 6.45) is 8.88. The van der Waals surface area contributed by atoms with Crippen LogP contribution in [0, 0.1) is 17.8 Å². The average Bonchev–Trinajstić information content (AvgIpc) is 3.09. The number of rotatable bonds is 3. The van der Waals surface area contributed by atoms with Gasteiger partial charge in [0.1, 0.15) is 15.7 Å². The number of carbonyl (C=O) groups is 3. The quantitative estimate of drug-likeness (QED) is 0.367. The van der Waals surface area contributed by atoms with Crippen molar-refractivity contribution >= 4 is 45.2 Å². The Hall–Kier alpha value is -3.81. The summed E-state index contributed by atoms with van der Waals surface area (Å²) in [7, 11) is -0.547. The van der Waals surface area contributed by atoms with Gasteiger partial charge in [0.05, 0.1) is 37.3 Å². The van der Waals surface area contributed by atoms with Crippen molar-refractivity contribution in [3.8, 4) is 5.75 Å². The lowest BCUT2D eigenvalue weighted by atomic mass is 9.70. The fourth-order valence-electron chi connectivity index (χ4n) is 7.38. The molecule has 51 heavy (non-hydrogen) atoms. The van der Waals surface area contributed by atoms with E-state index < -0.39 is 27.9 Å². The van der Waals surface area contributed by atoms with Gasteiger partial charge in [-0.2, -0.15) is 0 Å². The molecule has 4 aliphatic rings. The molecule has 0 aromatic heterocycles. The summed E-state index contributed by atoms with van der Waals surface area (Å²) in [5.41, 5.74) is 3.36. The van der Waals surface area contributed by atoms with Crippen LogP contribution in [0.2, 0.25) is 5.02 Å². The summed E-state index contributed by atoms with van der Waals surface area (Å²) in [4.78, 5) is 42.5. The van der Waals surface area contributed by atoms with Crippen molar-refractivity contribution in [3.05, 3.63) is 70.3 Å². The maximum absolute atomic E-state index is 14.4. The van der Waals surface area contributed by atoms with Crippen LogP contribution in [0.4, 0.5) is 15.3 Å². The zero-order chi connectivity index (χ0) is 36.1. The molecule has 3 aliphatic heterocycles. The average molecular weight is 742 g/mol. The second kappa shape index (κ2) is 16.2. The number of urea groups is 1. The second-order valence-corrected chi connectivity index (χ2v) is 16.5. The Morgan fingerprint density at radius 2 is 1.88 bits per heavy atom. The van der Waals surface area contributed by atoms with E-state index in [9.17, 15) is 18.6 Å². The molecule has 1 saturated carbocycles.